The second-order valence-electron chi connectivity index (χ2n) is 4.30. The zero-order valence-electron chi connectivity index (χ0n) is 10.2. The highest BCUT2D eigenvalue weighted by molar-refractivity contribution is 9.10. The van der Waals surface area contributed by atoms with Gasteiger partial charge in [-0.1, -0.05) is 58.4 Å². The maximum absolute atomic E-state index is 5.53. The average Bonchev–Trinajstić information content (AvgIpc) is 2.91. The molecule has 2 nitrogen and oxygen atoms in total. The predicted molar refractivity (Wildman–Crippen MR) is 78.9 cm³/mol. The van der Waals surface area contributed by atoms with Crippen LogP contribution in [0.2, 0.25) is 0 Å². The summed E-state index contributed by atoms with van der Waals surface area (Å²) in [5, 5.41) is 0. The van der Waals surface area contributed by atoms with Crippen LogP contribution in [0.3, 0.4) is 0 Å². The van der Waals surface area contributed by atoms with E-state index in [0.29, 0.717) is 6.42 Å². The van der Waals surface area contributed by atoms with Crippen molar-refractivity contribution in [2.24, 2.45) is 0 Å². The first-order valence-electron chi connectivity index (χ1n) is 6.05. The Bertz CT molecular complexity index is 659. The summed E-state index contributed by atoms with van der Waals surface area (Å²) in [6.07, 6.45) is 2.42. The van der Waals surface area contributed by atoms with Crippen molar-refractivity contribution >= 4 is 15.9 Å². The van der Waals surface area contributed by atoms with Crippen molar-refractivity contribution in [2.45, 2.75) is 6.42 Å². The lowest BCUT2D eigenvalue weighted by Gasteiger charge is -1.97. The van der Waals surface area contributed by atoms with E-state index in [1.54, 1.807) is 6.26 Å². The Morgan fingerprint density at radius 3 is 2.42 bits per heavy atom. The van der Waals surface area contributed by atoms with Crippen molar-refractivity contribution in [1.82, 2.24) is 4.98 Å². The number of benzene rings is 2. The third-order valence-corrected chi connectivity index (χ3v) is 3.42. The van der Waals surface area contributed by atoms with E-state index in [-0.39, 0.29) is 0 Å². The number of aromatic nitrogens is 1. The second kappa shape index (κ2) is 5.41. The average molecular weight is 314 g/mol. The first kappa shape index (κ1) is 12.2. The quantitative estimate of drug-likeness (QED) is 0.700. The first-order chi connectivity index (χ1) is 9.31. The van der Waals surface area contributed by atoms with Gasteiger partial charge in [-0.15, -0.1) is 0 Å². The summed E-state index contributed by atoms with van der Waals surface area (Å²) >= 11 is 3.43. The summed E-state index contributed by atoms with van der Waals surface area (Å²) in [5.74, 6) is 0.737. The van der Waals surface area contributed by atoms with E-state index in [0.717, 1.165) is 21.6 Å². The van der Waals surface area contributed by atoms with Crippen LogP contribution in [0.1, 0.15) is 11.5 Å². The van der Waals surface area contributed by atoms with Gasteiger partial charge in [-0.25, -0.2) is 4.98 Å². The Kier molecular flexibility index (Phi) is 3.47. The van der Waals surface area contributed by atoms with Gasteiger partial charge < -0.3 is 4.42 Å². The maximum Gasteiger partial charge on any atom is 0.198 e. The number of rotatable bonds is 3. The van der Waals surface area contributed by atoms with Crippen LogP contribution in [0.5, 0.6) is 0 Å². The summed E-state index contributed by atoms with van der Waals surface area (Å²) < 4.78 is 6.61. The van der Waals surface area contributed by atoms with Crippen LogP contribution in [0.4, 0.5) is 0 Å². The molecule has 0 saturated carbocycles. The first-order valence-corrected chi connectivity index (χ1v) is 6.85. The fourth-order valence-electron chi connectivity index (χ4n) is 1.91. The molecule has 0 radical (unpaired) electrons. The summed E-state index contributed by atoms with van der Waals surface area (Å²) in [6.45, 7) is 0. The molecular formula is C16H12BrNO. The van der Waals surface area contributed by atoms with E-state index in [9.17, 15) is 0 Å². The van der Waals surface area contributed by atoms with E-state index in [4.69, 9.17) is 4.42 Å². The predicted octanol–water partition coefficient (Wildman–Crippen LogP) is 4.69. The van der Waals surface area contributed by atoms with Crippen LogP contribution in [0.25, 0.3) is 11.3 Å². The molecule has 3 aromatic rings. The second-order valence-corrected chi connectivity index (χ2v) is 5.21. The van der Waals surface area contributed by atoms with Crippen LogP contribution in [0, 0.1) is 0 Å². The van der Waals surface area contributed by atoms with Crippen molar-refractivity contribution in [3.05, 3.63) is 76.8 Å². The number of nitrogens with zero attached hydrogens (tertiary/aromatic N) is 1. The van der Waals surface area contributed by atoms with Gasteiger partial charge in [-0.2, -0.15) is 0 Å². The van der Waals surface area contributed by atoms with Gasteiger partial charge in [0.15, 0.2) is 5.89 Å². The molecule has 0 spiro atoms. The maximum atomic E-state index is 5.53. The molecule has 2 aromatic carbocycles. The number of hydrogen-bond acceptors (Lipinski definition) is 2. The Labute approximate surface area is 120 Å². The lowest BCUT2D eigenvalue weighted by atomic mass is 10.1. The summed E-state index contributed by atoms with van der Waals surface area (Å²) in [5.41, 5.74) is 3.14. The van der Waals surface area contributed by atoms with Crippen LogP contribution in [-0.4, -0.2) is 4.98 Å². The Balaban J connectivity index is 1.80. The molecule has 94 valence electrons. The van der Waals surface area contributed by atoms with Crippen molar-refractivity contribution in [3.8, 4) is 11.3 Å². The summed E-state index contributed by atoms with van der Waals surface area (Å²) in [4.78, 5) is 4.52. The van der Waals surface area contributed by atoms with Crippen molar-refractivity contribution < 1.29 is 4.42 Å². The third kappa shape index (κ3) is 2.93. The van der Waals surface area contributed by atoms with Gasteiger partial charge in [0.05, 0.1) is 0 Å². The zero-order valence-corrected chi connectivity index (χ0v) is 11.8. The largest absolute Gasteiger partial charge is 0.448 e. The Morgan fingerprint density at radius 2 is 1.68 bits per heavy atom. The van der Waals surface area contributed by atoms with Crippen molar-refractivity contribution in [2.75, 3.05) is 0 Å². The van der Waals surface area contributed by atoms with Gasteiger partial charge in [-0.05, 0) is 17.7 Å². The van der Waals surface area contributed by atoms with Crippen molar-refractivity contribution in [1.29, 1.82) is 0 Å². The van der Waals surface area contributed by atoms with Crippen LogP contribution >= 0.6 is 15.9 Å². The molecule has 0 aliphatic carbocycles. The lowest BCUT2D eigenvalue weighted by molar-refractivity contribution is 0.507. The topological polar surface area (TPSA) is 26.0 Å². The molecule has 0 aliphatic rings. The fourth-order valence-corrected chi connectivity index (χ4v) is 2.17. The van der Waals surface area contributed by atoms with Crippen molar-refractivity contribution in [3.63, 3.8) is 0 Å². The highest BCUT2D eigenvalue weighted by Crippen LogP contribution is 2.20. The normalized spacial score (nSPS) is 10.6. The van der Waals surface area contributed by atoms with Gasteiger partial charge in [0.1, 0.15) is 12.0 Å². The van der Waals surface area contributed by atoms with E-state index in [1.165, 1.54) is 5.56 Å². The summed E-state index contributed by atoms with van der Waals surface area (Å²) in [7, 11) is 0. The van der Waals surface area contributed by atoms with E-state index >= 15 is 0 Å². The molecule has 0 N–H and O–H groups in total. The Hall–Kier alpha value is -1.87. The third-order valence-electron chi connectivity index (χ3n) is 2.89. The van der Waals surface area contributed by atoms with Gasteiger partial charge in [0.2, 0.25) is 0 Å². The molecule has 0 unspecified atom stereocenters. The molecule has 19 heavy (non-hydrogen) atoms. The zero-order chi connectivity index (χ0) is 13.1. The molecule has 0 bridgehead atoms. The van der Waals surface area contributed by atoms with Crippen LogP contribution < -0.4 is 0 Å². The molecule has 0 atom stereocenters. The minimum absolute atomic E-state index is 0.708. The molecule has 0 fully saturated rings. The van der Waals surface area contributed by atoms with E-state index in [2.05, 4.69) is 33.0 Å². The monoisotopic (exact) mass is 313 g/mol. The van der Waals surface area contributed by atoms with E-state index in [1.807, 2.05) is 42.5 Å². The molecule has 0 amide bonds. The highest BCUT2D eigenvalue weighted by Gasteiger charge is 2.06. The van der Waals surface area contributed by atoms with Crippen LogP contribution in [-0.2, 0) is 6.42 Å². The van der Waals surface area contributed by atoms with Crippen LogP contribution in [0.15, 0.2) is 69.8 Å². The number of oxazole rings is 1. The molecule has 1 heterocycles. The molecule has 0 saturated heterocycles. The lowest BCUT2D eigenvalue weighted by Crippen LogP contribution is -1.88. The standard InChI is InChI=1S/C16H12BrNO/c17-14-8-6-12(7-9-14)10-16-18-15(11-19-16)13-4-2-1-3-5-13/h1-9,11H,10H2. The molecule has 0 aliphatic heterocycles. The van der Waals surface area contributed by atoms with Gasteiger partial charge >= 0.3 is 0 Å². The minimum Gasteiger partial charge on any atom is -0.448 e. The fraction of sp³-hybridized carbons (Fsp3) is 0.0625. The highest BCUT2D eigenvalue weighted by atomic mass is 79.9. The van der Waals surface area contributed by atoms with Gasteiger partial charge in [-0.3, -0.25) is 0 Å². The number of hydrogen-bond donors (Lipinski definition) is 0. The van der Waals surface area contributed by atoms with Gasteiger partial charge in [0, 0.05) is 16.5 Å². The minimum atomic E-state index is 0.708. The molecular weight excluding hydrogens is 302 g/mol. The Morgan fingerprint density at radius 1 is 0.947 bits per heavy atom. The van der Waals surface area contributed by atoms with Gasteiger partial charge in [0.25, 0.3) is 0 Å². The SMILES string of the molecule is Brc1ccc(Cc2nc(-c3ccccc3)co2)cc1. The molecule has 1 aromatic heterocycles. The van der Waals surface area contributed by atoms with E-state index < -0.39 is 0 Å². The summed E-state index contributed by atoms with van der Waals surface area (Å²) in [6, 6.07) is 18.2. The smallest absolute Gasteiger partial charge is 0.198 e. The molecule has 3 heteroatoms. The number of halogens is 1. The molecule has 3 rings (SSSR count).